The van der Waals surface area contributed by atoms with Gasteiger partial charge < -0.3 is 20.9 Å². The van der Waals surface area contributed by atoms with E-state index in [4.69, 9.17) is 0 Å². The van der Waals surface area contributed by atoms with Gasteiger partial charge in [0.2, 0.25) is 5.91 Å². The molecule has 0 aromatic heterocycles. The van der Waals surface area contributed by atoms with Gasteiger partial charge in [0.15, 0.2) is 0 Å². The van der Waals surface area contributed by atoms with E-state index >= 15 is 0 Å². The first kappa shape index (κ1) is 28.3. The molecular weight excluding hydrogens is 508 g/mol. The van der Waals surface area contributed by atoms with Crippen molar-refractivity contribution in [3.05, 3.63) is 29.3 Å². The van der Waals surface area contributed by atoms with Gasteiger partial charge in [-0.15, -0.1) is 11.8 Å². The Hall–Kier alpha value is -2.22. The smallest absolute Gasteiger partial charge is 0.315 e. The minimum Gasteiger partial charge on any atom is -0.359 e. The molecule has 3 N–H and O–H groups in total. The van der Waals surface area contributed by atoms with Gasteiger partial charge in [0.1, 0.15) is 0 Å². The lowest BCUT2D eigenvalue weighted by atomic mass is 9.53. The van der Waals surface area contributed by atoms with Gasteiger partial charge in [0, 0.05) is 48.6 Å². The number of amides is 4. The highest BCUT2D eigenvalue weighted by molar-refractivity contribution is 7.99. The molecule has 4 fully saturated rings. The van der Waals surface area contributed by atoms with Gasteiger partial charge in [0.05, 0.1) is 0 Å². The Kier molecular flexibility index (Phi) is 9.09. The average Bonchev–Trinajstić information content (AvgIpc) is 3.24. The maximum absolute atomic E-state index is 13.0. The van der Waals surface area contributed by atoms with Gasteiger partial charge in [-0.3, -0.25) is 9.59 Å². The molecule has 39 heavy (non-hydrogen) atoms. The summed E-state index contributed by atoms with van der Waals surface area (Å²) in [5.41, 5.74) is 2.03. The molecule has 1 atom stereocenters. The molecule has 1 aromatic carbocycles. The SMILES string of the molecule is CNC(=O)CCC(C)N1Cc2c(SCCCCCCNC(=O)NC34CC5CC(CC(C5)C3)C4)cccc2C1=O. The van der Waals surface area contributed by atoms with Crippen molar-refractivity contribution >= 4 is 29.6 Å². The molecule has 6 rings (SSSR count). The van der Waals surface area contributed by atoms with Crippen LogP contribution >= 0.6 is 11.8 Å². The summed E-state index contributed by atoms with van der Waals surface area (Å²) in [5.74, 6) is 3.64. The summed E-state index contributed by atoms with van der Waals surface area (Å²) in [6.45, 7) is 3.40. The van der Waals surface area contributed by atoms with Crippen LogP contribution in [0.3, 0.4) is 0 Å². The number of unbranched alkanes of at least 4 members (excludes halogenated alkanes) is 3. The fourth-order valence-electron chi connectivity index (χ4n) is 7.95. The van der Waals surface area contributed by atoms with E-state index < -0.39 is 0 Å². The van der Waals surface area contributed by atoms with Crippen molar-refractivity contribution < 1.29 is 14.4 Å². The predicted octanol–water partition coefficient (Wildman–Crippen LogP) is 5.48. The zero-order valence-electron chi connectivity index (χ0n) is 23.7. The minimum absolute atomic E-state index is 0.0128. The van der Waals surface area contributed by atoms with E-state index in [1.807, 2.05) is 35.7 Å². The number of hydrogen-bond donors (Lipinski definition) is 3. The highest BCUT2D eigenvalue weighted by Crippen LogP contribution is 2.55. The zero-order chi connectivity index (χ0) is 27.4. The van der Waals surface area contributed by atoms with Crippen molar-refractivity contribution in [2.45, 2.75) is 107 Å². The second-order valence-electron chi connectivity index (χ2n) is 12.6. The molecule has 1 heterocycles. The molecular formula is C31H46N4O3S. The molecule has 1 aliphatic heterocycles. The molecule has 0 spiro atoms. The van der Waals surface area contributed by atoms with E-state index in [0.29, 0.717) is 19.4 Å². The number of fused-ring (bicyclic) bond motifs is 1. The molecule has 7 nitrogen and oxygen atoms in total. The van der Waals surface area contributed by atoms with Gasteiger partial charge in [0.25, 0.3) is 5.91 Å². The third-order valence-electron chi connectivity index (χ3n) is 9.58. The summed E-state index contributed by atoms with van der Waals surface area (Å²) >= 11 is 1.84. The Morgan fingerprint density at radius 1 is 1.05 bits per heavy atom. The van der Waals surface area contributed by atoms with E-state index in [9.17, 15) is 14.4 Å². The molecule has 8 heteroatoms. The predicted molar refractivity (Wildman–Crippen MR) is 156 cm³/mol. The minimum atomic E-state index is 0.0128. The maximum Gasteiger partial charge on any atom is 0.315 e. The van der Waals surface area contributed by atoms with Gasteiger partial charge in [-0.05, 0) is 106 Å². The number of nitrogens with zero attached hydrogens (tertiary/aromatic N) is 1. The highest BCUT2D eigenvalue weighted by atomic mass is 32.2. The number of hydrogen-bond acceptors (Lipinski definition) is 4. The lowest BCUT2D eigenvalue weighted by molar-refractivity contribution is -0.120. The van der Waals surface area contributed by atoms with Crippen molar-refractivity contribution in [2.75, 3.05) is 19.3 Å². The summed E-state index contributed by atoms with van der Waals surface area (Å²) < 4.78 is 0. The lowest BCUT2D eigenvalue weighted by Crippen LogP contribution is -2.61. The number of nitrogens with one attached hydrogen (secondary N) is 3. The first-order chi connectivity index (χ1) is 18.9. The Morgan fingerprint density at radius 3 is 2.44 bits per heavy atom. The largest absolute Gasteiger partial charge is 0.359 e. The molecule has 4 aliphatic carbocycles. The van der Waals surface area contributed by atoms with Crippen LogP contribution in [0.5, 0.6) is 0 Å². The van der Waals surface area contributed by atoms with E-state index in [1.54, 1.807) is 7.05 Å². The molecule has 1 unspecified atom stereocenters. The second kappa shape index (κ2) is 12.5. The molecule has 1 aromatic rings. The van der Waals surface area contributed by atoms with Gasteiger partial charge in [-0.1, -0.05) is 18.9 Å². The number of carbonyl (C=O) groups is 3. The first-order valence-corrected chi connectivity index (χ1v) is 16.2. The number of rotatable bonds is 13. The first-order valence-electron chi connectivity index (χ1n) is 15.2. The summed E-state index contributed by atoms with van der Waals surface area (Å²) in [6.07, 6.45) is 13.2. The molecule has 4 bridgehead atoms. The van der Waals surface area contributed by atoms with Crippen LogP contribution in [0, 0.1) is 17.8 Å². The van der Waals surface area contributed by atoms with E-state index in [2.05, 4.69) is 22.0 Å². The lowest BCUT2D eigenvalue weighted by Gasteiger charge is -2.56. The normalized spacial score (nSPS) is 27.4. The van der Waals surface area contributed by atoms with Crippen LogP contribution in [0.25, 0.3) is 0 Å². The molecule has 4 saturated carbocycles. The number of thioether (sulfide) groups is 1. The summed E-state index contributed by atoms with van der Waals surface area (Å²) in [7, 11) is 1.65. The van der Waals surface area contributed by atoms with Crippen molar-refractivity contribution in [2.24, 2.45) is 17.8 Å². The van der Waals surface area contributed by atoms with E-state index in [1.165, 1.54) is 43.4 Å². The van der Waals surface area contributed by atoms with Crippen molar-refractivity contribution in [1.82, 2.24) is 20.9 Å². The van der Waals surface area contributed by atoms with Crippen LogP contribution in [-0.2, 0) is 11.3 Å². The quantitative estimate of drug-likeness (QED) is 0.223. The van der Waals surface area contributed by atoms with Crippen LogP contribution in [0.2, 0.25) is 0 Å². The summed E-state index contributed by atoms with van der Waals surface area (Å²) in [5, 5.41) is 9.18. The topological polar surface area (TPSA) is 90.5 Å². The van der Waals surface area contributed by atoms with Crippen LogP contribution in [-0.4, -0.2) is 53.7 Å². The molecule has 4 amide bonds. The molecule has 214 valence electrons. The Morgan fingerprint density at radius 2 is 1.74 bits per heavy atom. The monoisotopic (exact) mass is 554 g/mol. The van der Waals surface area contributed by atoms with Crippen molar-refractivity contribution in [3.63, 3.8) is 0 Å². The van der Waals surface area contributed by atoms with Crippen LogP contribution in [0.1, 0.15) is 99.9 Å². The number of benzene rings is 1. The maximum atomic E-state index is 13.0. The number of carbonyl (C=O) groups excluding carboxylic acids is 3. The third kappa shape index (κ3) is 6.75. The van der Waals surface area contributed by atoms with Crippen LogP contribution < -0.4 is 16.0 Å². The summed E-state index contributed by atoms with van der Waals surface area (Å²) in [4.78, 5) is 40.3. The number of urea groups is 1. The Balaban J connectivity index is 0.967. The third-order valence-corrected chi connectivity index (χ3v) is 10.8. The molecule has 5 aliphatic rings. The van der Waals surface area contributed by atoms with Crippen molar-refractivity contribution in [3.8, 4) is 0 Å². The van der Waals surface area contributed by atoms with Crippen LogP contribution in [0.4, 0.5) is 4.79 Å². The van der Waals surface area contributed by atoms with Crippen LogP contribution in [0.15, 0.2) is 23.1 Å². The Labute approximate surface area is 238 Å². The molecule has 0 saturated heterocycles. The fourth-order valence-corrected chi connectivity index (χ4v) is 9.04. The van der Waals surface area contributed by atoms with Gasteiger partial charge in [-0.25, -0.2) is 4.79 Å². The van der Waals surface area contributed by atoms with E-state index in [0.717, 1.165) is 66.9 Å². The molecule has 0 radical (unpaired) electrons. The van der Waals surface area contributed by atoms with Gasteiger partial charge >= 0.3 is 6.03 Å². The fraction of sp³-hybridized carbons (Fsp3) is 0.710. The average molecular weight is 555 g/mol. The van der Waals surface area contributed by atoms with Crippen molar-refractivity contribution in [1.29, 1.82) is 0 Å². The zero-order valence-corrected chi connectivity index (χ0v) is 24.5. The highest BCUT2D eigenvalue weighted by Gasteiger charge is 2.51. The Bertz CT molecular complexity index is 1020. The van der Waals surface area contributed by atoms with Gasteiger partial charge in [-0.2, -0.15) is 0 Å². The van der Waals surface area contributed by atoms with E-state index in [-0.39, 0.29) is 29.4 Å². The standard InChI is InChI=1S/C31H46N4O3S/c1-21(10-11-28(36)32-2)35-20-26-25(29(35)37)8-7-9-27(26)39-13-6-4-3-5-12-33-30(38)34-31-17-22-14-23(18-31)16-24(15-22)19-31/h7-9,21-24H,3-6,10-20H2,1-2H3,(H,32,36)(H2,33,34,38). The second-order valence-corrected chi connectivity index (χ2v) is 13.8. The summed E-state index contributed by atoms with van der Waals surface area (Å²) in [6, 6.07) is 6.11.